The minimum absolute atomic E-state index is 0. The summed E-state index contributed by atoms with van der Waals surface area (Å²) in [5, 5.41) is 8.93. The van der Waals surface area contributed by atoms with E-state index in [9.17, 15) is 4.79 Å². The van der Waals surface area contributed by atoms with Gasteiger partial charge < -0.3 is 10.6 Å². The Morgan fingerprint density at radius 3 is 2.86 bits per heavy atom. The van der Waals surface area contributed by atoms with Crippen LogP contribution in [0.4, 0.5) is 0 Å². The van der Waals surface area contributed by atoms with Gasteiger partial charge in [0.2, 0.25) is 0 Å². The highest BCUT2D eigenvalue weighted by molar-refractivity contribution is 9.10. The van der Waals surface area contributed by atoms with E-state index in [0.717, 1.165) is 26.0 Å². The van der Waals surface area contributed by atoms with E-state index in [0.29, 0.717) is 0 Å². The summed E-state index contributed by atoms with van der Waals surface area (Å²) in [4.78, 5) is 11.2. The Balaban J connectivity index is 0.000000980. The molecule has 0 unspecified atom stereocenters. The molecular weight excluding hydrogens is 270 g/mol. The molecule has 1 aromatic carbocycles. The van der Waals surface area contributed by atoms with Crippen molar-refractivity contribution in [1.82, 2.24) is 4.57 Å². The molecule has 2 aromatic rings. The molecule has 0 aliphatic rings. The van der Waals surface area contributed by atoms with Gasteiger partial charge in [-0.1, -0.05) is 27.3 Å². The van der Waals surface area contributed by atoms with Crippen molar-refractivity contribution in [3.8, 4) is 0 Å². The van der Waals surface area contributed by atoms with Crippen LogP contribution in [0.15, 0.2) is 27.5 Å². The van der Waals surface area contributed by atoms with Crippen LogP contribution in [0.25, 0.3) is 10.2 Å². The van der Waals surface area contributed by atoms with E-state index in [4.69, 9.17) is 5.11 Å². The maximum Gasteiger partial charge on any atom is 0.310 e. The smallest absolute Gasteiger partial charge is 0.310 e. The molecule has 14 heavy (non-hydrogen) atoms. The van der Waals surface area contributed by atoms with Crippen molar-refractivity contribution in [2.45, 2.75) is 6.73 Å². The minimum Gasteiger partial charge on any atom is -0.412 e. The summed E-state index contributed by atoms with van der Waals surface area (Å²) in [6.07, 6.45) is 0. The van der Waals surface area contributed by atoms with Gasteiger partial charge in [-0.2, -0.15) is 0 Å². The van der Waals surface area contributed by atoms with Gasteiger partial charge in [-0.05, 0) is 18.2 Å². The maximum atomic E-state index is 11.3. The number of thiazole rings is 1. The third-order valence-corrected chi connectivity index (χ3v) is 3.21. The first kappa shape index (κ1) is 11.4. The predicted molar refractivity (Wildman–Crippen MR) is 59.6 cm³/mol. The molecule has 0 saturated carbocycles. The molecule has 76 valence electrons. The largest absolute Gasteiger partial charge is 0.412 e. The Kier molecular flexibility index (Phi) is 3.43. The molecule has 0 atom stereocenters. The van der Waals surface area contributed by atoms with Crippen LogP contribution in [0.5, 0.6) is 0 Å². The lowest BCUT2D eigenvalue weighted by atomic mass is 10.3. The number of hydrogen-bond acceptors (Lipinski definition) is 3. The molecule has 1 heterocycles. The molecule has 0 spiro atoms. The summed E-state index contributed by atoms with van der Waals surface area (Å²) < 4.78 is 3.16. The lowest BCUT2D eigenvalue weighted by molar-refractivity contribution is 0.213. The average Bonchev–Trinajstić information content (AvgIpc) is 2.39. The summed E-state index contributed by atoms with van der Waals surface area (Å²) >= 11 is 4.46. The fraction of sp³-hybridized carbons (Fsp3) is 0.125. The molecule has 0 radical (unpaired) electrons. The molecule has 0 bridgehead atoms. The van der Waals surface area contributed by atoms with E-state index < -0.39 is 0 Å². The Morgan fingerprint density at radius 1 is 1.50 bits per heavy atom. The van der Waals surface area contributed by atoms with Crippen molar-refractivity contribution in [2.75, 3.05) is 0 Å². The number of benzene rings is 1. The number of aliphatic hydroxyl groups excluding tert-OH is 1. The molecular formula is C8H8BrNO3S. The summed E-state index contributed by atoms with van der Waals surface area (Å²) in [6.45, 7) is -0.263. The highest BCUT2D eigenvalue weighted by Crippen LogP contribution is 2.21. The second-order valence-electron chi connectivity index (χ2n) is 2.55. The first-order valence-corrected chi connectivity index (χ1v) is 5.23. The zero-order valence-electron chi connectivity index (χ0n) is 7.03. The van der Waals surface area contributed by atoms with E-state index in [1.807, 2.05) is 18.2 Å². The van der Waals surface area contributed by atoms with Crippen molar-refractivity contribution in [3.05, 3.63) is 32.3 Å². The maximum absolute atomic E-state index is 11.3. The Labute approximate surface area is 91.9 Å². The van der Waals surface area contributed by atoms with Crippen LogP contribution in [0.2, 0.25) is 0 Å². The van der Waals surface area contributed by atoms with Crippen molar-refractivity contribution < 1.29 is 10.6 Å². The fourth-order valence-electron chi connectivity index (χ4n) is 1.17. The predicted octanol–water partition coefficient (Wildman–Crippen LogP) is 0.951. The summed E-state index contributed by atoms with van der Waals surface area (Å²) in [5.74, 6) is 0. The fourth-order valence-corrected chi connectivity index (χ4v) is 2.61. The van der Waals surface area contributed by atoms with Gasteiger partial charge in [0.25, 0.3) is 0 Å². The normalized spacial score (nSPS) is 10.1. The first-order valence-electron chi connectivity index (χ1n) is 3.62. The molecule has 0 aliphatic heterocycles. The van der Waals surface area contributed by atoms with Crippen LogP contribution in [0.3, 0.4) is 0 Å². The lowest BCUT2D eigenvalue weighted by Crippen LogP contribution is -2.11. The molecule has 3 N–H and O–H groups in total. The summed E-state index contributed by atoms with van der Waals surface area (Å²) in [5.41, 5.74) is 0.778. The lowest BCUT2D eigenvalue weighted by Gasteiger charge is -1.96. The van der Waals surface area contributed by atoms with Crippen LogP contribution in [0.1, 0.15) is 0 Å². The van der Waals surface area contributed by atoms with Crippen molar-refractivity contribution in [1.29, 1.82) is 0 Å². The molecule has 0 aliphatic carbocycles. The molecule has 0 amide bonds. The minimum atomic E-state index is -0.263. The number of nitrogens with zero attached hydrogens (tertiary/aromatic N) is 1. The van der Waals surface area contributed by atoms with E-state index >= 15 is 0 Å². The highest BCUT2D eigenvalue weighted by Gasteiger charge is 2.05. The standard InChI is InChI=1S/C8H6BrNO2S.H2O/c9-5-1-2-6-7(3-5)13-8(12)10(6)4-11;/h1-3,11H,4H2;1H2. The van der Waals surface area contributed by atoms with Crippen LogP contribution in [-0.2, 0) is 6.73 Å². The number of aromatic nitrogens is 1. The van der Waals surface area contributed by atoms with Crippen LogP contribution in [0, 0.1) is 0 Å². The summed E-state index contributed by atoms with van der Waals surface area (Å²) in [7, 11) is 0. The molecule has 6 heteroatoms. The number of rotatable bonds is 1. The number of aliphatic hydroxyl groups is 1. The second-order valence-corrected chi connectivity index (χ2v) is 4.46. The SMILES string of the molecule is O.O=c1sc2cc(Br)ccc2n1CO. The van der Waals surface area contributed by atoms with Gasteiger partial charge in [-0.25, -0.2) is 0 Å². The third kappa shape index (κ3) is 1.74. The van der Waals surface area contributed by atoms with Crippen molar-refractivity contribution in [2.24, 2.45) is 0 Å². The zero-order chi connectivity index (χ0) is 9.42. The van der Waals surface area contributed by atoms with Crippen LogP contribution >= 0.6 is 27.3 Å². The molecule has 0 fully saturated rings. The quantitative estimate of drug-likeness (QED) is 0.843. The van der Waals surface area contributed by atoms with Gasteiger partial charge in [0.15, 0.2) is 0 Å². The van der Waals surface area contributed by atoms with Gasteiger partial charge in [-0.15, -0.1) is 0 Å². The molecule has 0 saturated heterocycles. The monoisotopic (exact) mass is 277 g/mol. The Hall–Kier alpha value is -0.690. The van der Waals surface area contributed by atoms with Gasteiger partial charge in [-0.3, -0.25) is 9.36 Å². The topological polar surface area (TPSA) is 73.7 Å². The van der Waals surface area contributed by atoms with Crippen LogP contribution in [-0.4, -0.2) is 15.1 Å². The molecule has 1 aromatic heterocycles. The van der Waals surface area contributed by atoms with Crippen molar-refractivity contribution >= 4 is 37.5 Å². The van der Waals surface area contributed by atoms with E-state index in [1.165, 1.54) is 4.57 Å². The van der Waals surface area contributed by atoms with Crippen molar-refractivity contribution in [3.63, 3.8) is 0 Å². The van der Waals surface area contributed by atoms with E-state index in [-0.39, 0.29) is 17.1 Å². The zero-order valence-corrected chi connectivity index (χ0v) is 9.43. The van der Waals surface area contributed by atoms with E-state index in [2.05, 4.69) is 15.9 Å². The van der Waals surface area contributed by atoms with E-state index in [1.54, 1.807) is 0 Å². The average molecular weight is 278 g/mol. The number of fused-ring (bicyclic) bond motifs is 1. The van der Waals surface area contributed by atoms with Gasteiger partial charge in [0.1, 0.15) is 6.73 Å². The second kappa shape index (κ2) is 4.22. The Bertz CT molecular complexity index is 505. The third-order valence-electron chi connectivity index (χ3n) is 1.77. The van der Waals surface area contributed by atoms with Gasteiger partial charge in [0.05, 0.1) is 10.2 Å². The van der Waals surface area contributed by atoms with Gasteiger partial charge in [0, 0.05) is 4.47 Å². The first-order chi connectivity index (χ1) is 6.22. The highest BCUT2D eigenvalue weighted by atomic mass is 79.9. The number of halogens is 1. The number of hydrogen-bond donors (Lipinski definition) is 1. The van der Waals surface area contributed by atoms with Crippen LogP contribution < -0.4 is 4.87 Å². The summed E-state index contributed by atoms with van der Waals surface area (Å²) in [6, 6.07) is 5.53. The van der Waals surface area contributed by atoms with Gasteiger partial charge >= 0.3 is 4.87 Å². The molecule has 2 rings (SSSR count). The Morgan fingerprint density at radius 2 is 2.21 bits per heavy atom. The molecule has 4 nitrogen and oxygen atoms in total.